The van der Waals surface area contributed by atoms with Crippen LogP contribution >= 0.6 is 0 Å². The molecule has 0 amide bonds. The zero-order valence-electron chi connectivity index (χ0n) is 11.5. The van der Waals surface area contributed by atoms with E-state index in [1.54, 1.807) is 0 Å². The van der Waals surface area contributed by atoms with Crippen molar-refractivity contribution in [2.45, 2.75) is 58.4 Å². The van der Waals surface area contributed by atoms with Gasteiger partial charge in [-0.3, -0.25) is 0 Å². The second-order valence-electron chi connectivity index (χ2n) is 4.64. The molecule has 0 aliphatic rings. The molecule has 17 heavy (non-hydrogen) atoms. The van der Waals surface area contributed by atoms with E-state index >= 15 is 0 Å². The first kappa shape index (κ1) is 16.9. The van der Waals surface area contributed by atoms with Gasteiger partial charge in [-0.1, -0.05) is 26.2 Å². The van der Waals surface area contributed by atoms with E-state index in [0.717, 1.165) is 32.2 Å². The van der Waals surface area contributed by atoms with E-state index in [0.29, 0.717) is 0 Å². The van der Waals surface area contributed by atoms with Gasteiger partial charge in [0.25, 0.3) is 0 Å². The summed E-state index contributed by atoms with van der Waals surface area (Å²) in [5.74, 6) is 0.243. The van der Waals surface area contributed by atoms with E-state index in [1.165, 1.54) is 12.8 Å². The minimum absolute atomic E-state index is 0.0656. The minimum atomic E-state index is -3.08. The van der Waals surface area contributed by atoms with Crippen LogP contribution in [0, 0.1) is 0 Å². The maximum absolute atomic E-state index is 11.7. The summed E-state index contributed by atoms with van der Waals surface area (Å²) in [6.45, 7) is 4.97. The molecule has 2 N–H and O–H groups in total. The van der Waals surface area contributed by atoms with E-state index in [-0.39, 0.29) is 11.8 Å². The molecule has 0 saturated carbocycles. The number of sulfonamides is 1. The zero-order valence-corrected chi connectivity index (χ0v) is 12.3. The lowest BCUT2D eigenvalue weighted by Crippen LogP contribution is -2.34. The molecule has 0 aromatic rings. The van der Waals surface area contributed by atoms with Gasteiger partial charge in [0, 0.05) is 6.04 Å². The SMILES string of the molecule is CCCCCC(C)NS(=O)(=O)CCCCNC. The van der Waals surface area contributed by atoms with Crippen molar-refractivity contribution in [1.29, 1.82) is 0 Å². The molecule has 1 atom stereocenters. The van der Waals surface area contributed by atoms with Crippen molar-refractivity contribution in [3.8, 4) is 0 Å². The van der Waals surface area contributed by atoms with Crippen LogP contribution in [-0.2, 0) is 10.0 Å². The first-order valence-corrected chi connectivity index (χ1v) is 8.31. The summed E-state index contributed by atoms with van der Waals surface area (Å²) in [5, 5.41) is 3.01. The Morgan fingerprint density at radius 3 is 2.41 bits per heavy atom. The van der Waals surface area contributed by atoms with Gasteiger partial charge in [0.2, 0.25) is 10.0 Å². The predicted octanol–water partition coefficient (Wildman–Crippen LogP) is 1.87. The Hall–Kier alpha value is -0.130. The summed E-state index contributed by atoms with van der Waals surface area (Å²) in [7, 11) is -1.20. The average Bonchev–Trinajstić information content (AvgIpc) is 2.24. The van der Waals surface area contributed by atoms with E-state index in [1.807, 2.05) is 14.0 Å². The molecule has 0 radical (unpaired) electrons. The zero-order chi connectivity index (χ0) is 13.1. The van der Waals surface area contributed by atoms with Crippen LogP contribution in [0.1, 0.15) is 52.4 Å². The van der Waals surface area contributed by atoms with Crippen molar-refractivity contribution >= 4 is 10.0 Å². The summed E-state index contributed by atoms with van der Waals surface area (Å²) >= 11 is 0. The number of rotatable bonds is 11. The van der Waals surface area contributed by atoms with Crippen molar-refractivity contribution in [3.63, 3.8) is 0 Å². The number of hydrogen-bond donors (Lipinski definition) is 2. The van der Waals surface area contributed by atoms with Gasteiger partial charge in [-0.15, -0.1) is 0 Å². The minimum Gasteiger partial charge on any atom is -0.320 e. The third kappa shape index (κ3) is 10.7. The van der Waals surface area contributed by atoms with Crippen LogP contribution in [0.4, 0.5) is 0 Å². The van der Waals surface area contributed by atoms with Crippen LogP contribution in [0.15, 0.2) is 0 Å². The molecule has 0 saturated heterocycles. The van der Waals surface area contributed by atoms with Gasteiger partial charge in [-0.2, -0.15) is 0 Å². The number of unbranched alkanes of at least 4 members (excludes halogenated alkanes) is 3. The van der Waals surface area contributed by atoms with E-state index in [2.05, 4.69) is 17.0 Å². The monoisotopic (exact) mass is 264 g/mol. The van der Waals surface area contributed by atoms with E-state index in [9.17, 15) is 8.42 Å². The third-order valence-electron chi connectivity index (χ3n) is 2.71. The highest BCUT2D eigenvalue weighted by atomic mass is 32.2. The smallest absolute Gasteiger partial charge is 0.211 e. The molecular weight excluding hydrogens is 236 g/mol. The van der Waals surface area contributed by atoms with Crippen LogP contribution in [0.25, 0.3) is 0 Å². The molecule has 104 valence electrons. The highest BCUT2D eigenvalue weighted by molar-refractivity contribution is 7.89. The van der Waals surface area contributed by atoms with Crippen LogP contribution in [0.3, 0.4) is 0 Å². The molecular formula is C12H28N2O2S. The fourth-order valence-electron chi connectivity index (χ4n) is 1.72. The van der Waals surface area contributed by atoms with Crippen molar-refractivity contribution in [1.82, 2.24) is 10.0 Å². The molecule has 0 spiro atoms. The Kier molecular flexibility index (Phi) is 9.78. The van der Waals surface area contributed by atoms with E-state index < -0.39 is 10.0 Å². The highest BCUT2D eigenvalue weighted by Gasteiger charge is 2.13. The first-order valence-electron chi connectivity index (χ1n) is 6.66. The van der Waals surface area contributed by atoms with Crippen LogP contribution in [0.5, 0.6) is 0 Å². The summed E-state index contributed by atoms with van der Waals surface area (Å²) in [5.41, 5.74) is 0. The fraction of sp³-hybridized carbons (Fsp3) is 1.00. The fourth-order valence-corrected chi connectivity index (χ4v) is 3.15. The molecule has 5 heteroatoms. The Bertz CT molecular complexity index is 266. The van der Waals surface area contributed by atoms with Crippen molar-refractivity contribution in [2.24, 2.45) is 0 Å². The lowest BCUT2D eigenvalue weighted by Gasteiger charge is -2.13. The molecule has 0 aliphatic carbocycles. The van der Waals surface area contributed by atoms with Gasteiger partial charge in [-0.25, -0.2) is 13.1 Å². The molecule has 0 aromatic heterocycles. The summed E-state index contributed by atoms with van der Waals surface area (Å²) in [6, 6.07) is 0.0656. The lowest BCUT2D eigenvalue weighted by atomic mass is 10.1. The maximum Gasteiger partial charge on any atom is 0.211 e. The molecule has 0 heterocycles. The summed E-state index contributed by atoms with van der Waals surface area (Å²) in [6.07, 6.45) is 6.00. The molecule has 0 aromatic carbocycles. The molecule has 0 bridgehead atoms. The Labute approximate surface area is 107 Å². The van der Waals surface area contributed by atoms with Crippen molar-refractivity contribution in [3.05, 3.63) is 0 Å². The standard InChI is InChI=1S/C12H28N2O2S/c1-4-5-6-9-12(2)14-17(15,16)11-8-7-10-13-3/h12-14H,4-11H2,1-3H3. The summed E-state index contributed by atoms with van der Waals surface area (Å²) < 4.78 is 26.2. The van der Waals surface area contributed by atoms with Gasteiger partial charge in [-0.05, 0) is 39.8 Å². The molecule has 0 rings (SSSR count). The van der Waals surface area contributed by atoms with Gasteiger partial charge in [0.1, 0.15) is 0 Å². The maximum atomic E-state index is 11.7. The van der Waals surface area contributed by atoms with Gasteiger partial charge < -0.3 is 5.32 Å². The van der Waals surface area contributed by atoms with Gasteiger partial charge >= 0.3 is 0 Å². The third-order valence-corrected chi connectivity index (χ3v) is 4.30. The van der Waals surface area contributed by atoms with Crippen LogP contribution in [-0.4, -0.2) is 33.8 Å². The first-order chi connectivity index (χ1) is 8.02. The number of hydrogen-bond acceptors (Lipinski definition) is 3. The molecule has 0 aliphatic heterocycles. The topological polar surface area (TPSA) is 58.2 Å². The lowest BCUT2D eigenvalue weighted by molar-refractivity contribution is 0.525. The van der Waals surface area contributed by atoms with Crippen molar-refractivity contribution in [2.75, 3.05) is 19.3 Å². The molecule has 1 unspecified atom stereocenters. The summed E-state index contributed by atoms with van der Waals surface area (Å²) in [4.78, 5) is 0. The Balaban J connectivity index is 3.75. The number of nitrogens with one attached hydrogen (secondary N) is 2. The highest BCUT2D eigenvalue weighted by Crippen LogP contribution is 2.04. The van der Waals surface area contributed by atoms with Crippen LogP contribution in [0.2, 0.25) is 0 Å². The Morgan fingerprint density at radius 2 is 1.82 bits per heavy atom. The molecule has 4 nitrogen and oxygen atoms in total. The quantitative estimate of drug-likeness (QED) is 0.560. The second kappa shape index (κ2) is 9.85. The predicted molar refractivity (Wildman–Crippen MR) is 73.7 cm³/mol. The second-order valence-corrected chi connectivity index (χ2v) is 6.52. The average molecular weight is 264 g/mol. The van der Waals surface area contributed by atoms with Crippen LogP contribution < -0.4 is 10.0 Å². The van der Waals surface area contributed by atoms with Gasteiger partial charge in [0.05, 0.1) is 5.75 Å². The Morgan fingerprint density at radius 1 is 1.12 bits per heavy atom. The largest absolute Gasteiger partial charge is 0.320 e. The molecule has 0 fully saturated rings. The van der Waals surface area contributed by atoms with Gasteiger partial charge in [0.15, 0.2) is 0 Å². The van der Waals surface area contributed by atoms with E-state index in [4.69, 9.17) is 0 Å². The normalized spacial score (nSPS) is 13.8. The van der Waals surface area contributed by atoms with Crippen molar-refractivity contribution < 1.29 is 8.42 Å².